The van der Waals surface area contributed by atoms with Crippen LogP contribution in [0.25, 0.3) is 0 Å². The molecule has 1 heterocycles. The van der Waals surface area contributed by atoms with Gasteiger partial charge in [0.05, 0.1) is 12.7 Å². The molecule has 7 nitrogen and oxygen atoms in total. The molecule has 1 fully saturated rings. The lowest BCUT2D eigenvalue weighted by atomic mass is 10.1. The minimum Gasteiger partial charge on any atom is -0.476 e. The van der Waals surface area contributed by atoms with E-state index in [1.54, 1.807) is 0 Å². The van der Waals surface area contributed by atoms with Crippen molar-refractivity contribution in [3.05, 3.63) is 11.9 Å². The van der Waals surface area contributed by atoms with Crippen LogP contribution in [0.1, 0.15) is 30.8 Å². The number of nitrogens with zero attached hydrogens (tertiary/aromatic N) is 3. The zero-order valence-corrected chi connectivity index (χ0v) is 10.4. The highest BCUT2D eigenvalue weighted by atomic mass is 16.4. The number of hydrogen-bond acceptors (Lipinski definition) is 4. The van der Waals surface area contributed by atoms with Gasteiger partial charge >= 0.3 is 5.97 Å². The molecule has 0 radical (unpaired) electrons. The van der Waals surface area contributed by atoms with Crippen LogP contribution in [0.3, 0.4) is 0 Å². The Hall–Kier alpha value is -1.92. The molecule has 1 aliphatic carbocycles. The van der Waals surface area contributed by atoms with E-state index >= 15 is 0 Å². The third-order valence-electron chi connectivity index (χ3n) is 3.23. The van der Waals surface area contributed by atoms with Crippen LogP contribution < -0.4 is 5.32 Å². The molecule has 0 spiro atoms. The molecule has 0 aliphatic heterocycles. The van der Waals surface area contributed by atoms with Crippen molar-refractivity contribution in [3.8, 4) is 0 Å². The van der Waals surface area contributed by atoms with E-state index in [0.717, 1.165) is 6.42 Å². The first kappa shape index (κ1) is 12.5. The van der Waals surface area contributed by atoms with E-state index < -0.39 is 5.97 Å². The van der Waals surface area contributed by atoms with Gasteiger partial charge in [0, 0.05) is 12.5 Å². The maximum atomic E-state index is 11.7. The van der Waals surface area contributed by atoms with Crippen molar-refractivity contribution in [2.45, 2.75) is 26.8 Å². The lowest BCUT2D eigenvalue weighted by molar-refractivity contribution is -0.123. The Morgan fingerprint density at radius 2 is 2.28 bits per heavy atom. The van der Waals surface area contributed by atoms with Crippen LogP contribution in [-0.2, 0) is 11.3 Å². The van der Waals surface area contributed by atoms with Crippen LogP contribution in [0, 0.1) is 11.3 Å². The molecule has 1 aliphatic rings. The maximum absolute atomic E-state index is 11.7. The van der Waals surface area contributed by atoms with Gasteiger partial charge in [-0.1, -0.05) is 19.1 Å². The largest absolute Gasteiger partial charge is 0.476 e. The smallest absolute Gasteiger partial charge is 0.358 e. The Morgan fingerprint density at radius 1 is 1.61 bits per heavy atom. The van der Waals surface area contributed by atoms with Crippen LogP contribution in [0.15, 0.2) is 6.20 Å². The first-order chi connectivity index (χ1) is 8.40. The summed E-state index contributed by atoms with van der Waals surface area (Å²) in [4.78, 5) is 22.3. The van der Waals surface area contributed by atoms with E-state index in [4.69, 9.17) is 5.11 Å². The normalized spacial score (nSPS) is 20.4. The van der Waals surface area contributed by atoms with Crippen molar-refractivity contribution in [1.82, 2.24) is 20.3 Å². The molecule has 7 heteroatoms. The first-order valence-corrected chi connectivity index (χ1v) is 5.81. The molecule has 0 bridgehead atoms. The standard InChI is InChI=1S/C11H16N4O3/c1-11(2)5-7(11)9(16)12-3-4-15-6-8(10(17)18)13-14-15/h6-7H,3-5H2,1-2H3,(H,12,16)(H,17,18). The number of carbonyl (C=O) groups is 2. The second kappa shape index (κ2) is 4.40. The Morgan fingerprint density at radius 3 is 2.78 bits per heavy atom. The van der Waals surface area contributed by atoms with E-state index in [1.165, 1.54) is 10.9 Å². The van der Waals surface area contributed by atoms with Gasteiger partial charge in [0.25, 0.3) is 0 Å². The van der Waals surface area contributed by atoms with Crippen LogP contribution in [0.2, 0.25) is 0 Å². The van der Waals surface area contributed by atoms with E-state index in [1.807, 2.05) is 0 Å². The molecule has 2 rings (SSSR count). The monoisotopic (exact) mass is 252 g/mol. The zero-order valence-electron chi connectivity index (χ0n) is 10.4. The molecule has 98 valence electrons. The molecule has 1 aromatic rings. The van der Waals surface area contributed by atoms with Crippen LogP contribution in [-0.4, -0.2) is 38.5 Å². The molecular formula is C11H16N4O3. The minimum absolute atomic E-state index is 0.0542. The number of amides is 1. The van der Waals surface area contributed by atoms with Crippen LogP contribution in [0.5, 0.6) is 0 Å². The lowest BCUT2D eigenvalue weighted by Gasteiger charge is -2.06. The lowest BCUT2D eigenvalue weighted by Crippen LogP contribution is -2.29. The quantitative estimate of drug-likeness (QED) is 0.776. The van der Waals surface area contributed by atoms with Gasteiger partial charge in [0.2, 0.25) is 5.91 Å². The maximum Gasteiger partial charge on any atom is 0.358 e. The molecule has 0 saturated heterocycles. The molecule has 0 aromatic carbocycles. The van der Waals surface area contributed by atoms with Gasteiger partial charge in [-0.3, -0.25) is 4.79 Å². The number of nitrogens with one attached hydrogen (secondary N) is 1. The SMILES string of the molecule is CC1(C)CC1C(=O)NCCn1cc(C(=O)O)nn1. The summed E-state index contributed by atoms with van der Waals surface area (Å²) in [5.41, 5.74) is 0.0260. The fraction of sp³-hybridized carbons (Fsp3) is 0.636. The average molecular weight is 252 g/mol. The Labute approximate surface area is 104 Å². The molecule has 1 amide bonds. The zero-order chi connectivity index (χ0) is 13.3. The molecule has 1 atom stereocenters. The Kier molecular flexibility index (Phi) is 3.06. The number of aromatic nitrogens is 3. The summed E-state index contributed by atoms with van der Waals surface area (Å²) in [6.07, 6.45) is 2.26. The molecule has 1 aromatic heterocycles. The highest BCUT2D eigenvalue weighted by molar-refractivity contribution is 5.84. The number of carbonyl (C=O) groups excluding carboxylic acids is 1. The van der Waals surface area contributed by atoms with Crippen LogP contribution >= 0.6 is 0 Å². The Bertz CT molecular complexity index is 480. The van der Waals surface area contributed by atoms with Gasteiger partial charge in [-0.2, -0.15) is 0 Å². The fourth-order valence-corrected chi connectivity index (χ4v) is 1.84. The second-order valence-corrected chi connectivity index (χ2v) is 5.21. The van der Waals surface area contributed by atoms with Crippen molar-refractivity contribution < 1.29 is 14.7 Å². The van der Waals surface area contributed by atoms with Crippen molar-refractivity contribution in [1.29, 1.82) is 0 Å². The minimum atomic E-state index is -1.11. The van der Waals surface area contributed by atoms with E-state index in [2.05, 4.69) is 29.5 Å². The van der Waals surface area contributed by atoms with Crippen LogP contribution in [0.4, 0.5) is 0 Å². The third-order valence-corrected chi connectivity index (χ3v) is 3.23. The summed E-state index contributed by atoms with van der Waals surface area (Å²) in [7, 11) is 0. The molecular weight excluding hydrogens is 236 g/mol. The van der Waals surface area contributed by atoms with Gasteiger partial charge in [-0.25, -0.2) is 9.48 Å². The van der Waals surface area contributed by atoms with E-state index in [9.17, 15) is 9.59 Å². The molecule has 1 unspecified atom stereocenters. The molecule has 18 heavy (non-hydrogen) atoms. The molecule has 1 saturated carbocycles. The van der Waals surface area contributed by atoms with Crippen molar-refractivity contribution >= 4 is 11.9 Å². The van der Waals surface area contributed by atoms with E-state index in [-0.39, 0.29) is 22.9 Å². The summed E-state index contributed by atoms with van der Waals surface area (Å²) in [5.74, 6) is -0.952. The molecule has 2 N–H and O–H groups in total. The predicted molar refractivity (Wildman–Crippen MR) is 61.9 cm³/mol. The summed E-state index contributed by atoms with van der Waals surface area (Å²) >= 11 is 0. The van der Waals surface area contributed by atoms with E-state index in [0.29, 0.717) is 13.1 Å². The van der Waals surface area contributed by atoms with Crippen molar-refractivity contribution in [2.75, 3.05) is 6.54 Å². The predicted octanol–water partition coefficient (Wildman–Crippen LogP) is 0.139. The number of carboxylic acid groups (broad SMARTS) is 1. The number of rotatable bonds is 5. The van der Waals surface area contributed by atoms with Crippen molar-refractivity contribution in [3.63, 3.8) is 0 Å². The second-order valence-electron chi connectivity index (χ2n) is 5.21. The highest BCUT2D eigenvalue weighted by Crippen LogP contribution is 2.51. The third kappa shape index (κ3) is 2.66. The van der Waals surface area contributed by atoms with Gasteiger partial charge in [0.1, 0.15) is 0 Å². The topological polar surface area (TPSA) is 97.1 Å². The first-order valence-electron chi connectivity index (χ1n) is 5.81. The number of hydrogen-bond donors (Lipinski definition) is 2. The number of carboxylic acids is 1. The fourth-order valence-electron chi connectivity index (χ4n) is 1.84. The van der Waals surface area contributed by atoms with Gasteiger partial charge < -0.3 is 10.4 Å². The Balaban J connectivity index is 1.75. The summed E-state index contributed by atoms with van der Waals surface area (Å²) < 4.78 is 1.40. The summed E-state index contributed by atoms with van der Waals surface area (Å²) in [5, 5.41) is 18.6. The van der Waals surface area contributed by atoms with Gasteiger partial charge in [-0.05, 0) is 11.8 Å². The number of aromatic carboxylic acids is 1. The summed E-state index contributed by atoms with van der Waals surface area (Å²) in [6, 6.07) is 0. The van der Waals surface area contributed by atoms with Gasteiger partial charge in [-0.15, -0.1) is 5.10 Å². The average Bonchev–Trinajstić information content (AvgIpc) is 2.75. The van der Waals surface area contributed by atoms with Crippen molar-refractivity contribution in [2.24, 2.45) is 11.3 Å². The highest BCUT2D eigenvalue weighted by Gasteiger charge is 2.50. The summed E-state index contributed by atoms with van der Waals surface area (Å²) in [6.45, 7) is 4.97. The van der Waals surface area contributed by atoms with Gasteiger partial charge in [0.15, 0.2) is 5.69 Å².